The number of amides is 2. The van der Waals surface area contributed by atoms with Crippen LogP contribution < -0.4 is 10.2 Å². The number of anilines is 2. The molecule has 0 aromatic heterocycles. The number of nitrogens with one attached hydrogen (secondary N) is 1. The highest BCUT2D eigenvalue weighted by atomic mass is 32.2. The number of carbonyl (C=O) groups is 2. The highest BCUT2D eigenvalue weighted by molar-refractivity contribution is 7.99. The molecule has 0 radical (unpaired) electrons. The summed E-state index contributed by atoms with van der Waals surface area (Å²) in [5.74, 6) is -1.47. The largest absolute Gasteiger partial charge is 0.398 e. The van der Waals surface area contributed by atoms with E-state index in [1.54, 1.807) is 41.3 Å². The number of nitrogens with zero attached hydrogens (tertiary/aromatic N) is 1. The second-order valence-corrected chi connectivity index (χ2v) is 7.07. The zero-order valence-corrected chi connectivity index (χ0v) is 15.1. The Labute approximate surface area is 158 Å². The van der Waals surface area contributed by atoms with Gasteiger partial charge in [0.2, 0.25) is 5.91 Å². The van der Waals surface area contributed by atoms with Crippen molar-refractivity contribution in [2.24, 2.45) is 0 Å². The number of alkyl halides is 3. The van der Waals surface area contributed by atoms with Crippen LogP contribution in [-0.4, -0.2) is 30.3 Å². The Morgan fingerprint density at radius 1 is 1.11 bits per heavy atom. The molecule has 4 nitrogen and oxygen atoms in total. The smallest absolute Gasteiger partial charge is 0.322 e. The summed E-state index contributed by atoms with van der Waals surface area (Å²) in [6, 6.07) is 13.0. The van der Waals surface area contributed by atoms with Crippen LogP contribution in [-0.2, 0) is 4.79 Å². The maximum Gasteiger partial charge on any atom is 0.398 e. The first-order valence-corrected chi connectivity index (χ1v) is 9.32. The second-order valence-electron chi connectivity index (χ2n) is 6.05. The van der Waals surface area contributed by atoms with Gasteiger partial charge in [-0.2, -0.15) is 13.2 Å². The molecular formula is C19H17F3N2O2S. The molecule has 0 spiro atoms. The Balaban J connectivity index is 1.69. The second kappa shape index (κ2) is 8.04. The SMILES string of the molecule is O=C(Nc1ccc(N2CCCC2=O)cc1)c1ccccc1SCC(F)(F)F. The lowest BCUT2D eigenvalue weighted by Gasteiger charge is -2.16. The van der Waals surface area contributed by atoms with Crippen LogP contribution in [0, 0.1) is 0 Å². The van der Waals surface area contributed by atoms with E-state index >= 15 is 0 Å². The van der Waals surface area contributed by atoms with Crippen LogP contribution in [0.1, 0.15) is 23.2 Å². The summed E-state index contributed by atoms with van der Waals surface area (Å²) in [5.41, 5.74) is 1.45. The van der Waals surface area contributed by atoms with Crippen LogP contribution in [0.5, 0.6) is 0 Å². The number of hydrogen-bond donors (Lipinski definition) is 1. The van der Waals surface area contributed by atoms with E-state index in [1.165, 1.54) is 12.1 Å². The van der Waals surface area contributed by atoms with Crippen molar-refractivity contribution in [3.63, 3.8) is 0 Å². The maximum absolute atomic E-state index is 12.5. The standard InChI is InChI=1S/C19H17F3N2O2S/c20-19(21,22)12-27-16-5-2-1-4-15(16)18(26)23-13-7-9-14(10-8-13)24-11-3-6-17(24)25/h1-2,4-5,7-10H,3,6,11-12H2,(H,23,26). The summed E-state index contributed by atoms with van der Waals surface area (Å²) >= 11 is 0.582. The summed E-state index contributed by atoms with van der Waals surface area (Å²) in [6.07, 6.45) is -2.95. The number of rotatable bonds is 5. The number of carbonyl (C=O) groups excluding carboxylic acids is 2. The van der Waals surface area contributed by atoms with Gasteiger partial charge in [-0.15, -0.1) is 11.8 Å². The van der Waals surface area contributed by atoms with Crippen molar-refractivity contribution in [2.45, 2.75) is 23.9 Å². The van der Waals surface area contributed by atoms with E-state index in [-0.39, 0.29) is 16.4 Å². The summed E-state index contributed by atoms with van der Waals surface area (Å²) in [6.45, 7) is 0.675. The molecule has 0 saturated carbocycles. The predicted molar refractivity (Wildman–Crippen MR) is 99.2 cm³/mol. The molecule has 2 aromatic carbocycles. The monoisotopic (exact) mass is 394 g/mol. The van der Waals surface area contributed by atoms with Crippen molar-refractivity contribution in [2.75, 3.05) is 22.5 Å². The first-order chi connectivity index (χ1) is 12.8. The third-order valence-corrected chi connectivity index (χ3v) is 5.17. The van der Waals surface area contributed by atoms with Gasteiger partial charge in [0.25, 0.3) is 5.91 Å². The highest BCUT2D eigenvalue weighted by Crippen LogP contribution is 2.30. The van der Waals surface area contributed by atoms with Gasteiger partial charge in [-0.3, -0.25) is 9.59 Å². The number of hydrogen-bond acceptors (Lipinski definition) is 3. The van der Waals surface area contributed by atoms with Crippen LogP contribution in [0.2, 0.25) is 0 Å². The molecule has 0 bridgehead atoms. The lowest BCUT2D eigenvalue weighted by Crippen LogP contribution is -2.23. The molecule has 1 aliphatic heterocycles. The van der Waals surface area contributed by atoms with Crippen LogP contribution in [0.4, 0.5) is 24.5 Å². The Bertz CT molecular complexity index is 838. The number of benzene rings is 2. The Morgan fingerprint density at radius 3 is 2.44 bits per heavy atom. The molecule has 142 valence electrons. The Hall–Kier alpha value is -2.48. The first-order valence-electron chi connectivity index (χ1n) is 8.34. The van der Waals surface area contributed by atoms with Crippen molar-refractivity contribution >= 4 is 35.0 Å². The lowest BCUT2D eigenvalue weighted by molar-refractivity contribution is -0.117. The fraction of sp³-hybridized carbons (Fsp3) is 0.263. The first kappa shape index (κ1) is 19.3. The van der Waals surface area contributed by atoms with E-state index in [0.717, 1.165) is 12.1 Å². The van der Waals surface area contributed by atoms with Crippen molar-refractivity contribution < 1.29 is 22.8 Å². The molecule has 0 aliphatic carbocycles. The van der Waals surface area contributed by atoms with Crippen molar-refractivity contribution in [1.82, 2.24) is 0 Å². The molecule has 27 heavy (non-hydrogen) atoms. The van der Waals surface area contributed by atoms with Gasteiger partial charge in [0, 0.05) is 29.2 Å². The van der Waals surface area contributed by atoms with Gasteiger partial charge < -0.3 is 10.2 Å². The summed E-state index contributed by atoms with van der Waals surface area (Å²) in [7, 11) is 0. The fourth-order valence-electron chi connectivity index (χ4n) is 2.78. The van der Waals surface area contributed by atoms with E-state index in [1.807, 2.05) is 0 Å². The van der Waals surface area contributed by atoms with Crippen LogP contribution in [0.25, 0.3) is 0 Å². The van der Waals surface area contributed by atoms with Gasteiger partial charge in [0.05, 0.1) is 11.3 Å². The van der Waals surface area contributed by atoms with Crippen LogP contribution >= 0.6 is 11.8 Å². The van der Waals surface area contributed by atoms with E-state index in [0.29, 0.717) is 30.4 Å². The lowest BCUT2D eigenvalue weighted by atomic mass is 10.2. The molecular weight excluding hydrogens is 377 g/mol. The summed E-state index contributed by atoms with van der Waals surface area (Å²) < 4.78 is 37.4. The van der Waals surface area contributed by atoms with Crippen LogP contribution in [0.3, 0.4) is 0 Å². The third-order valence-electron chi connectivity index (χ3n) is 4.03. The van der Waals surface area contributed by atoms with Gasteiger partial charge in [-0.1, -0.05) is 12.1 Å². The average Bonchev–Trinajstić information content (AvgIpc) is 3.06. The molecule has 0 unspecified atom stereocenters. The van der Waals surface area contributed by atoms with Gasteiger partial charge in [0.1, 0.15) is 0 Å². The van der Waals surface area contributed by atoms with Gasteiger partial charge >= 0.3 is 6.18 Å². The van der Waals surface area contributed by atoms with E-state index in [4.69, 9.17) is 0 Å². The van der Waals surface area contributed by atoms with Crippen molar-refractivity contribution in [3.05, 3.63) is 54.1 Å². The minimum absolute atomic E-state index is 0.0717. The molecule has 0 atom stereocenters. The minimum Gasteiger partial charge on any atom is -0.322 e. The van der Waals surface area contributed by atoms with Crippen molar-refractivity contribution in [1.29, 1.82) is 0 Å². The van der Waals surface area contributed by atoms with Crippen molar-refractivity contribution in [3.8, 4) is 0 Å². The zero-order valence-electron chi connectivity index (χ0n) is 14.3. The fourth-order valence-corrected chi connectivity index (χ4v) is 3.59. The molecule has 2 aromatic rings. The van der Waals surface area contributed by atoms with Crippen LogP contribution in [0.15, 0.2) is 53.4 Å². The van der Waals surface area contributed by atoms with Gasteiger partial charge in [-0.25, -0.2) is 0 Å². The van der Waals surface area contributed by atoms with Gasteiger partial charge in [-0.05, 0) is 42.8 Å². The van der Waals surface area contributed by atoms with Gasteiger partial charge in [0.15, 0.2) is 0 Å². The Morgan fingerprint density at radius 2 is 1.81 bits per heavy atom. The third kappa shape index (κ3) is 5.03. The summed E-state index contributed by atoms with van der Waals surface area (Å²) in [4.78, 5) is 26.2. The van der Waals surface area contributed by atoms with E-state index < -0.39 is 17.8 Å². The number of halogens is 3. The maximum atomic E-state index is 12.5. The molecule has 1 aliphatic rings. The topological polar surface area (TPSA) is 49.4 Å². The Kier molecular flexibility index (Phi) is 5.74. The van der Waals surface area contributed by atoms with E-state index in [2.05, 4.69) is 5.32 Å². The highest BCUT2D eigenvalue weighted by Gasteiger charge is 2.28. The van der Waals surface area contributed by atoms with E-state index in [9.17, 15) is 22.8 Å². The quantitative estimate of drug-likeness (QED) is 0.747. The molecule has 8 heteroatoms. The number of thioether (sulfide) groups is 1. The molecule has 1 fully saturated rings. The summed E-state index contributed by atoms with van der Waals surface area (Å²) in [5, 5.41) is 2.69. The molecule has 1 heterocycles. The average molecular weight is 394 g/mol. The minimum atomic E-state index is -4.31. The normalized spacial score (nSPS) is 14.5. The zero-order chi connectivity index (χ0) is 19.4. The molecule has 2 amide bonds. The predicted octanol–water partition coefficient (Wildman–Crippen LogP) is 4.72. The molecule has 1 saturated heterocycles. The molecule has 1 N–H and O–H groups in total. The molecule has 3 rings (SSSR count).